The Morgan fingerprint density at radius 1 is 1.16 bits per heavy atom. The summed E-state index contributed by atoms with van der Waals surface area (Å²) < 4.78 is 40.2. The molecule has 0 atom stereocenters. The maximum absolute atomic E-state index is 13.0. The van der Waals surface area contributed by atoms with Crippen LogP contribution in [0, 0.1) is 5.82 Å². The molecule has 0 spiro atoms. The van der Waals surface area contributed by atoms with E-state index in [1.807, 2.05) is 0 Å². The number of sulfonamides is 1. The summed E-state index contributed by atoms with van der Waals surface area (Å²) in [5.41, 5.74) is 0.466. The van der Waals surface area contributed by atoms with E-state index in [9.17, 15) is 12.8 Å². The second-order valence-electron chi connectivity index (χ2n) is 5.31. The van der Waals surface area contributed by atoms with Crippen molar-refractivity contribution in [1.82, 2.24) is 9.62 Å². The third kappa shape index (κ3) is 2.37. The summed E-state index contributed by atoms with van der Waals surface area (Å²) >= 11 is 0. The van der Waals surface area contributed by atoms with Crippen molar-refractivity contribution in [1.29, 1.82) is 0 Å². The summed E-state index contributed by atoms with van der Waals surface area (Å²) in [5, 5.41) is 0. The van der Waals surface area contributed by atoms with Crippen LogP contribution in [0.15, 0.2) is 30.0 Å². The van der Waals surface area contributed by atoms with Crippen molar-refractivity contribution in [3.63, 3.8) is 0 Å². The highest BCUT2D eigenvalue weighted by Crippen LogP contribution is 2.38. The maximum Gasteiger partial charge on any atom is 0.243 e. The van der Waals surface area contributed by atoms with Crippen LogP contribution in [0.5, 0.6) is 0 Å². The molecule has 0 fully saturated rings. The van der Waals surface area contributed by atoms with E-state index in [-0.39, 0.29) is 4.91 Å². The molecule has 0 radical (unpaired) electrons. The van der Waals surface area contributed by atoms with Crippen LogP contribution in [0.4, 0.5) is 4.39 Å². The minimum absolute atomic E-state index is 0.211. The third-order valence-electron chi connectivity index (χ3n) is 3.02. The third-order valence-corrected chi connectivity index (χ3v) is 4.76. The highest BCUT2D eigenvalue weighted by Gasteiger charge is 2.44. The van der Waals surface area contributed by atoms with Gasteiger partial charge in [0.15, 0.2) is 0 Å². The zero-order chi connectivity index (χ0) is 14.4. The van der Waals surface area contributed by atoms with Gasteiger partial charge in [0.2, 0.25) is 10.0 Å². The van der Waals surface area contributed by atoms with Crippen molar-refractivity contribution in [3.05, 3.63) is 41.3 Å². The van der Waals surface area contributed by atoms with Gasteiger partial charge in [-0.15, -0.1) is 0 Å². The van der Waals surface area contributed by atoms with Gasteiger partial charge in [-0.2, -0.15) is 4.72 Å². The predicted octanol–water partition coefficient (Wildman–Crippen LogP) is 1.77. The van der Waals surface area contributed by atoms with Gasteiger partial charge in [-0.05, 0) is 31.5 Å². The lowest BCUT2D eigenvalue weighted by Crippen LogP contribution is -2.41. The molecule has 0 saturated carbocycles. The molecule has 0 amide bonds. The fourth-order valence-corrected chi connectivity index (χ4v) is 4.51. The van der Waals surface area contributed by atoms with Crippen molar-refractivity contribution in [3.8, 4) is 0 Å². The monoisotopic (exact) mass is 284 g/mol. The maximum atomic E-state index is 13.0. The predicted molar refractivity (Wildman–Crippen MR) is 73.1 cm³/mol. The highest BCUT2D eigenvalue weighted by atomic mass is 32.2. The molecule has 0 unspecified atom stereocenters. The molecule has 0 saturated heterocycles. The fraction of sp³-hybridized carbons (Fsp3) is 0.385. The van der Waals surface area contributed by atoms with Gasteiger partial charge in [-0.3, -0.25) is 0 Å². The van der Waals surface area contributed by atoms with Gasteiger partial charge in [0, 0.05) is 14.1 Å². The molecule has 0 aromatic heterocycles. The van der Waals surface area contributed by atoms with E-state index in [2.05, 4.69) is 4.72 Å². The van der Waals surface area contributed by atoms with Gasteiger partial charge in [0.05, 0.1) is 11.2 Å². The van der Waals surface area contributed by atoms with Gasteiger partial charge >= 0.3 is 0 Å². The number of nitrogens with zero attached hydrogens (tertiary/aromatic N) is 1. The lowest BCUT2D eigenvalue weighted by molar-refractivity contribution is 0.398. The summed E-state index contributed by atoms with van der Waals surface area (Å²) in [5.74, 6) is -0.390. The van der Waals surface area contributed by atoms with Crippen molar-refractivity contribution in [2.75, 3.05) is 14.1 Å². The average Bonchev–Trinajstić information content (AvgIpc) is 2.44. The molecular formula is C13H17FN2O2S. The second-order valence-corrected chi connectivity index (χ2v) is 6.93. The van der Waals surface area contributed by atoms with Crippen molar-refractivity contribution < 1.29 is 12.8 Å². The highest BCUT2D eigenvalue weighted by molar-refractivity contribution is 7.99. The molecule has 4 nitrogen and oxygen atoms in total. The number of hydrogen-bond donors (Lipinski definition) is 1. The van der Waals surface area contributed by atoms with Gasteiger partial charge < -0.3 is 4.90 Å². The first-order chi connectivity index (χ1) is 8.65. The van der Waals surface area contributed by atoms with Crippen LogP contribution in [-0.4, -0.2) is 33.0 Å². The number of rotatable bonds is 2. The van der Waals surface area contributed by atoms with Crippen LogP contribution in [0.1, 0.15) is 19.4 Å². The summed E-state index contributed by atoms with van der Waals surface area (Å²) in [6.45, 7) is 3.60. The van der Waals surface area contributed by atoms with Crippen molar-refractivity contribution >= 4 is 14.9 Å². The van der Waals surface area contributed by atoms with E-state index in [4.69, 9.17) is 0 Å². The topological polar surface area (TPSA) is 49.4 Å². The molecule has 0 aliphatic carbocycles. The van der Waals surface area contributed by atoms with Crippen LogP contribution in [0.2, 0.25) is 0 Å². The first kappa shape index (κ1) is 14.0. The zero-order valence-corrected chi connectivity index (χ0v) is 12.2. The number of benzene rings is 1. The Morgan fingerprint density at radius 2 is 1.68 bits per heavy atom. The lowest BCUT2D eigenvalue weighted by Gasteiger charge is -2.27. The van der Waals surface area contributed by atoms with E-state index in [1.54, 1.807) is 32.8 Å². The van der Waals surface area contributed by atoms with Crippen molar-refractivity contribution in [2.45, 2.75) is 19.4 Å². The number of likely N-dealkylation sites (N-methyl/N-ethyl adjacent to an activating group) is 1. The molecule has 6 heteroatoms. The number of halogens is 1. The van der Waals surface area contributed by atoms with Crippen LogP contribution >= 0.6 is 0 Å². The number of nitrogens with one attached hydrogen (secondary N) is 1. The molecule has 1 heterocycles. The Bertz CT molecular complexity index is 631. The van der Waals surface area contributed by atoms with Gasteiger partial charge in [0.1, 0.15) is 10.7 Å². The minimum Gasteiger partial charge on any atom is -0.378 e. The quantitative estimate of drug-likeness (QED) is 0.900. The van der Waals surface area contributed by atoms with Crippen LogP contribution in [-0.2, 0) is 10.0 Å². The SMILES string of the molecule is CN(C)C1=C(c2ccc(F)cc2)S(=O)(=O)NC1(C)C. The van der Waals surface area contributed by atoms with Crippen molar-refractivity contribution in [2.24, 2.45) is 0 Å². The second kappa shape index (κ2) is 4.31. The first-order valence-corrected chi connectivity index (χ1v) is 7.35. The van der Waals surface area contributed by atoms with E-state index < -0.39 is 21.4 Å². The fourth-order valence-electron chi connectivity index (χ4n) is 2.50. The molecular weight excluding hydrogens is 267 g/mol. The minimum atomic E-state index is -3.59. The summed E-state index contributed by atoms with van der Waals surface area (Å²) in [4.78, 5) is 1.98. The van der Waals surface area contributed by atoms with Crippen LogP contribution in [0.25, 0.3) is 4.91 Å². The van der Waals surface area contributed by atoms with E-state index in [1.165, 1.54) is 24.3 Å². The molecule has 2 rings (SSSR count). The first-order valence-electron chi connectivity index (χ1n) is 5.87. The Labute approximate surface area is 113 Å². The van der Waals surface area contributed by atoms with E-state index in [0.29, 0.717) is 11.3 Å². The normalized spacial score (nSPS) is 20.7. The Kier molecular flexibility index (Phi) is 3.18. The molecule has 1 aliphatic rings. The van der Waals surface area contributed by atoms with E-state index >= 15 is 0 Å². The molecule has 1 N–H and O–H groups in total. The van der Waals surface area contributed by atoms with Crippen LogP contribution < -0.4 is 4.72 Å². The Hall–Kier alpha value is -1.40. The summed E-state index contributed by atoms with van der Waals surface area (Å²) in [7, 11) is 0.000234. The summed E-state index contributed by atoms with van der Waals surface area (Å²) in [6, 6.07) is 5.48. The molecule has 1 aromatic carbocycles. The zero-order valence-electron chi connectivity index (χ0n) is 11.4. The molecule has 1 aliphatic heterocycles. The lowest BCUT2D eigenvalue weighted by atomic mass is 9.99. The molecule has 104 valence electrons. The van der Waals surface area contributed by atoms with Gasteiger partial charge in [-0.25, -0.2) is 12.8 Å². The Morgan fingerprint density at radius 3 is 2.16 bits per heavy atom. The summed E-state index contributed by atoms with van der Waals surface area (Å²) in [6.07, 6.45) is 0. The Balaban J connectivity index is 2.73. The van der Waals surface area contributed by atoms with Crippen LogP contribution in [0.3, 0.4) is 0 Å². The number of hydrogen-bond acceptors (Lipinski definition) is 3. The average molecular weight is 284 g/mol. The van der Waals surface area contributed by atoms with E-state index in [0.717, 1.165) is 0 Å². The van der Waals surface area contributed by atoms with Gasteiger partial charge in [0.25, 0.3) is 0 Å². The molecule has 19 heavy (non-hydrogen) atoms. The molecule has 1 aromatic rings. The standard InChI is InChI=1S/C13H17FN2O2S/c1-13(2)12(16(3)4)11(19(17,18)15-13)9-5-7-10(14)8-6-9/h5-8,15H,1-4H3. The largest absolute Gasteiger partial charge is 0.378 e. The molecule has 0 bridgehead atoms. The van der Waals surface area contributed by atoms with Gasteiger partial charge in [-0.1, -0.05) is 12.1 Å². The smallest absolute Gasteiger partial charge is 0.243 e.